The molecule has 1 aliphatic rings. The minimum atomic E-state index is -4.35. The van der Waals surface area contributed by atoms with Crippen molar-refractivity contribution in [2.45, 2.75) is 12.7 Å². The minimum absolute atomic E-state index is 0.481. The summed E-state index contributed by atoms with van der Waals surface area (Å²) < 4.78 is 44.5. The molecule has 154 valence electrons. The number of aliphatic imine (C=N–C) groups is 1. The summed E-state index contributed by atoms with van der Waals surface area (Å²) in [5, 5.41) is 0. The predicted molar refractivity (Wildman–Crippen MR) is 112 cm³/mol. The monoisotopic (exact) mass is 410 g/mol. The van der Waals surface area contributed by atoms with E-state index < -0.39 is 11.7 Å². The lowest BCUT2D eigenvalue weighted by molar-refractivity contribution is -0.137. The average molecular weight is 410 g/mol. The molecular formula is C24H21F3N2O. The van der Waals surface area contributed by atoms with Gasteiger partial charge in [-0.05, 0) is 41.0 Å². The largest absolute Gasteiger partial charge is 0.491 e. The van der Waals surface area contributed by atoms with Gasteiger partial charge in [0.1, 0.15) is 18.2 Å². The second-order valence-electron chi connectivity index (χ2n) is 7.18. The summed E-state index contributed by atoms with van der Waals surface area (Å²) in [4.78, 5) is 6.78. The number of ether oxygens (including phenoxy) is 1. The number of rotatable bonds is 3. The molecule has 0 unspecified atom stereocenters. The number of fused-ring (bicyclic) bond motifs is 1. The van der Waals surface area contributed by atoms with Gasteiger partial charge in [0.05, 0.1) is 17.7 Å². The van der Waals surface area contributed by atoms with Crippen molar-refractivity contribution in [1.82, 2.24) is 4.90 Å². The van der Waals surface area contributed by atoms with Crippen LogP contribution in [0.3, 0.4) is 0 Å². The third kappa shape index (κ3) is 4.32. The fourth-order valence-corrected chi connectivity index (χ4v) is 3.51. The molecule has 1 heterocycles. The van der Waals surface area contributed by atoms with Gasteiger partial charge < -0.3 is 9.64 Å². The van der Waals surface area contributed by atoms with Gasteiger partial charge in [0.15, 0.2) is 0 Å². The summed E-state index contributed by atoms with van der Waals surface area (Å²) >= 11 is 0. The van der Waals surface area contributed by atoms with Crippen molar-refractivity contribution in [2.75, 3.05) is 20.2 Å². The zero-order valence-electron chi connectivity index (χ0n) is 16.5. The van der Waals surface area contributed by atoms with Crippen LogP contribution in [0.15, 0.2) is 77.8 Å². The Labute approximate surface area is 173 Å². The van der Waals surface area contributed by atoms with E-state index in [9.17, 15) is 13.2 Å². The highest BCUT2D eigenvalue weighted by Crippen LogP contribution is 2.33. The topological polar surface area (TPSA) is 24.8 Å². The Hall–Kier alpha value is -3.28. The van der Waals surface area contributed by atoms with E-state index in [2.05, 4.69) is 17.0 Å². The highest BCUT2D eigenvalue weighted by atomic mass is 19.4. The molecule has 1 aliphatic heterocycles. The van der Waals surface area contributed by atoms with E-state index in [0.717, 1.165) is 40.4 Å². The first kappa shape index (κ1) is 20.0. The van der Waals surface area contributed by atoms with Gasteiger partial charge in [-0.2, -0.15) is 13.2 Å². The molecule has 4 rings (SSSR count). The van der Waals surface area contributed by atoms with Crippen molar-refractivity contribution in [3.05, 3.63) is 89.5 Å². The normalized spacial score (nSPS) is 13.7. The molecule has 0 bridgehead atoms. The first-order valence-electron chi connectivity index (χ1n) is 9.66. The van der Waals surface area contributed by atoms with Gasteiger partial charge in [-0.3, -0.25) is 4.99 Å². The molecule has 0 fully saturated rings. The van der Waals surface area contributed by atoms with Crippen molar-refractivity contribution < 1.29 is 17.9 Å². The van der Waals surface area contributed by atoms with Crippen molar-refractivity contribution in [3.8, 4) is 16.9 Å². The van der Waals surface area contributed by atoms with Crippen LogP contribution in [0.4, 0.5) is 13.2 Å². The Morgan fingerprint density at radius 2 is 1.63 bits per heavy atom. The summed E-state index contributed by atoms with van der Waals surface area (Å²) in [6, 6.07) is 20.9. The van der Waals surface area contributed by atoms with Crippen LogP contribution >= 0.6 is 0 Å². The van der Waals surface area contributed by atoms with E-state index in [1.165, 1.54) is 12.1 Å². The number of halogens is 3. The number of hydrogen-bond acceptors (Lipinski definition) is 3. The molecule has 0 radical (unpaired) electrons. The van der Waals surface area contributed by atoms with E-state index in [1.807, 2.05) is 43.4 Å². The lowest BCUT2D eigenvalue weighted by Crippen LogP contribution is -2.27. The molecule has 0 aliphatic carbocycles. The molecule has 0 atom stereocenters. The SMILES string of the molecule is CN(Cc1ccccc1)C1=NCCOc2ccc(-c3ccc(C(F)(F)F)cc3)cc21. The van der Waals surface area contributed by atoms with Crippen LogP contribution in [0.25, 0.3) is 11.1 Å². The summed E-state index contributed by atoms with van der Waals surface area (Å²) in [7, 11) is 1.98. The maximum atomic E-state index is 12.9. The molecule has 0 spiro atoms. The number of hydrogen-bond donors (Lipinski definition) is 0. The quantitative estimate of drug-likeness (QED) is 0.558. The van der Waals surface area contributed by atoms with Gasteiger partial charge in [0.25, 0.3) is 0 Å². The second-order valence-corrected chi connectivity index (χ2v) is 7.18. The third-order valence-corrected chi connectivity index (χ3v) is 5.00. The molecular weight excluding hydrogens is 389 g/mol. The molecule has 3 aromatic carbocycles. The number of alkyl halides is 3. The summed E-state index contributed by atoms with van der Waals surface area (Å²) in [5.41, 5.74) is 2.86. The summed E-state index contributed by atoms with van der Waals surface area (Å²) in [6.45, 7) is 1.71. The highest BCUT2D eigenvalue weighted by molar-refractivity contribution is 6.02. The Morgan fingerprint density at radius 3 is 2.33 bits per heavy atom. The van der Waals surface area contributed by atoms with Crippen LogP contribution in [-0.4, -0.2) is 30.9 Å². The Bertz CT molecular complexity index is 1040. The maximum Gasteiger partial charge on any atom is 0.416 e. The van der Waals surface area contributed by atoms with E-state index in [-0.39, 0.29) is 0 Å². The molecule has 0 N–H and O–H groups in total. The standard InChI is InChI=1S/C24H21F3N2O/c1-29(16-17-5-3-2-4-6-17)23-21-15-19(9-12-22(21)30-14-13-28-23)18-7-10-20(11-8-18)24(25,26)27/h2-12,15H,13-14,16H2,1H3. The molecule has 3 nitrogen and oxygen atoms in total. The number of amidine groups is 1. The van der Waals surface area contributed by atoms with Crippen molar-refractivity contribution in [1.29, 1.82) is 0 Å². The summed E-state index contributed by atoms with van der Waals surface area (Å²) in [6.07, 6.45) is -4.35. The van der Waals surface area contributed by atoms with Crippen LogP contribution in [0.1, 0.15) is 16.7 Å². The zero-order chi connectivity index (χ0) is 21.1. The number of nitrogens with zero attached hydrogens (tertiary/aromatic N) is 2. The van der Waals surface area contributed by atoms with Gasteiger partial charge in [0.2, 0.25) is 0 Å². The Morgan fingerprint density at radius 1 is 0.933 bits per heavy atom. The highest BCUT2D eigenvalue weighted by Gasteiger charge is 2.30. The fourth-order valence-electron chi connectivity index (χ4n) is 3.51. The minimum Gasteiger partial charge on any atom is -0.491 e. The lowest BCUT2D eigenvalue weighted by atomic mass is 10.00. The zero-order valence-corrected chi connectivity index (χ0v) is 16.5. The third-order valence-electron chi connectivity index (χ3n) is 5.00. The molecule has 0 saturated heterocycles. The van der Waals surface area contributed by atoms with Crippen LogP contribution in [0.5, 0.6) is 5.75 Å². The fraction of sp³-hybridized carbons (Fsp3) is 0.208. The maximum absolute atomic E-state index is 12.9. The van der Waals surface area contributed by atoms with Crippen LogP contribution in [-0.2, 0) is 12.7 Å². The van der Waals surface area contributed by atoms with Gasteiger partial charge in [-0.1, -0.05) is 48.5 Å². The molecule has 0 aromatic heterocycles. The van der Waals surface area contributed by atoms with E-state index in [0.29, 0.717) is 25.3 Å². The number of benzene rings is 3. The average Bonchev–Trinajstić information content (AvgIpc) is 2.96. The van der Waals surface area contributed by atoms with Crippen LogP contribution in [0.2, 0.25) is 0 Å². The Balaban J connectivity index is 1.67. The lowest BCUT2D eigenvalue weighted by Gasteiger charge is -2.22. The second kappa shape index (κ2) is 8.22. The van der Waals surface area contributed by atoms with E-state index >= 15 is 0 Å². The van der Waals surface area contributed by atoms with Gasteiger partial charge in [0, 0.05) is 13.6 Å². The Kier molecular flexibility index (Phi) is 5.48. The molecule has 30 heavy (non-hydrogen) atoms. The van der Waals surface area contributed by atoms with Gasteiger partial charge >= 0.3 is 6.18 Å². The van der Waals surface area contributed by atoms with Crippen LogP contribution in [0, 0.1) is 0 Å². The molecule has 6 heteroatoms. The van der Waals surface area contributed by atoms with Crippen molar-refractivity contribution >= 4 is 5.84 Å². The molecule has 0 amide bonds. The smallest absolute Gasteiger partial charge is 0.416 e. The predicted octanol–water partition coefficient (Wildman–Crippen LogP) is 5.64. The van der Waals surface area contributed by atoms with Crippen molar-refractivity contribution in [3.63, 3.8) is 0 Å². The molecule has 3 aromatic rings. The van der Waals surface area contributed by atoms with E-state index in [1.54, 1.807) is 0 Å². The van der Waals surface area contributed by atoms with E-state index in [4.69, 9.17) is 9.73 Å². The first-order chi connectivity index (χ1) is 14.4. The van der Waals surface area contributed by atoms with Gasteiger partial charge in [-0.15, -0.1) is 0 Å². The molecule has 0 saturated carbocycles. The van der Waals surface area contributed by atoms with Crippen molar-refractivity contribution in [2.24, 2.45) is 4.99 Å². The first-order valence-corrected chi connectivity index (χ1v) is 9.66. The van der Waals surface area contributed by atoms with Crippen LogP contribution < -0.4 is 4.74 Å². The summed E-state index contributed by atoms with van der Waals surface area (Å²) in [5.74, 6) is 1.53. The van der Waals surface area contributed by atoms with Gasteiger partial charge in [-0.25, -0.2) is 0 Å².